The predicted molar refractivity (Wildman–Crippen MR) is 80.9 cm³/mol. The van der Waals surface area contributed by atoms with Crippen LogP contribution in [0, 0.1) is 6.92 Å². The van der Waals surface area contributed by atoms with Gasteiger partial charge in [-0.2, -0.15) is 0 Å². The SMILES string of the molecule is Cc1c(NN)nc(C(C)C)nc1N1CCOC(C)(C)C1. The third kappa shape index (κ3) is 3.02. The molecule has 1 aromatic rings. The summed E-state index contributed by atoms with van der Waals surface area (Å²) in [6, 6.07) is 0. The second-order valence-electron chi connectivity index (χ2n) is 6.21. The molecule has 0 spiro atoms. The number of aromatic nitrogens is 2. The lowest BCUT2D eigenvalue weighted by atomic mass is 10.1. The molecule has 0 aliphatic carbocycles. The van der Waals surface area contributed by atoms with Crippen LogP contribution in [0.5, 0.6) is 0 Å². The summed E-state index contributed by atoms with van der Waals surface area (Å²) in [5.41, 5.74) is 3.50. The monoisotopic (exact) mass is 279 g/mol. The lowest BCUT2D eigenvalue weighted by Crippen LogP contribution is -2.49. The number of ether oxygens (including phenoxy) is 1. The molecular formula is C14H25N5O. The molecule has 1 aliphatic heterocycles. The molecule has 1 fully saturated rings. The Kier molecular flexibility index (Phi) is 4.15. The Bertz CT molecular complexity index is 487. The van der Waals surface area contributed by atoms with E-state index in [1.807, 2.05) is 6.92 Å². The van der Waals surface area contributed by atoms with Gasteiger partial charge in [-0.05, 0) is 20.8 Å². The molecule has 1 saturated heterocycles. The zero-order valence-electron chi connectivity index (χ0n) is 13.0. The van der Waals surface area contributed by atoms with Gasteiger partial charge in [0, 0.05) is 24.6 Å². The maximum Gasteiger partial charge on any atom is 0.148 e. The molecule has 2 rings (SSSR count). The highest BCUT2D eigenvalue weighted by atomic mass is 16.5. The van der Waals surface area contributed by atoms with Crippen molar-refractivity contribution in [3.63, 3.8) is 0 Å². The summed E-state index contributed by atoms with van der Waals surface area (Å²) in [5.74, 6) is 8.30. The first-order chi connectivity index (χ1) is 9.34. The summed E-state index contributed by atoms with van der Waals surface area (Å²) in [5, 5.41) is 0. The van der Waals surface area contributed by atoms with Crippen LogP contribution < -0.4 is 16.2 Å². The Morgan fingerprint density at radius 2 is 2.05 bits per heavy atom. The van der Waals surface area contributed by atoms with Gasteiger partial charge >= 0.3 is 0 Å². The smallest absolute Gasteiger partial charge is 0.148 e. The van der Waals surface area contributed by atoms with Gasteiger partial charge in [-0.15, -0.1) is 0 Å². The average molecular weight is 279 g/mol. The molecule has 6 nitrogen and oxygen atoms in total. The van der Waals surface area contributed by atoms with Crippen LogP contribution in [-0.2, 0) is 4.74 Å². The molecule has 0 atom stereocenters. The summed E-state index contributed by atoms with van der Waals surface area (Å²) >= 11 is 0. The molecule has 20 heavy (non-hydrogen) atoms. The van der Waals surface area contributed by atoms with Gasteiger partial charge in [0.15, 0.2) is 0 Å². The summed E-state index contributed by atoms with van der Waals surface area (Å²) in [6.45, 7) is 12.7. The third-order valence-electron chi connectivity index (χ3n) is 3.52. The summed E-state index contributed by atoms with van der Waals surface area (Å²) in [7, 11) is 0. The van der Waals surface area contributed by atoms with Gasteiger partial charge in [0.1, 0.15) is 17.5 Å². The number of morpholine rings is 1. The van der Waals surface area contributed by atoms with E-state index in [1.165, 1.54) is 0 Å². The predicted octanol–water partition coefficient (Wildman–Crippen LogP) is 1.81. The van der Waals surface area contributed by atoms with E-state index in [2.05, 4.69) is 43.0 Å². The topological polar surface area (TPSA) is 76.3 Å². The first-order valence-electron chi connectivity index (χ1n) is 7.08. The molecule has 2 heterocycles. The lowest BCUT2D eigenvalue weighted by molar-refractivity contribution is -0.0279. The Labute approximate surface area is 120 Å². The van der Waals surface area contributed by atoms with Gasteiger partial charge in [0.05, 0.1) is 12.2 Å². The molecule has 0 bridgehead atoms. The van der Waals surface area contributed by atoms with Crippen molar-refractivity contribution in [3.05, 3.63) is 11.4 Å². The van der Waals surface area contributed by atoms with E-state index >= 15 is 0 Å². The Morgan fingerprint density at radius 1 is 1.35 bits per heavy atom. The standard InChI is InChI=1S/C14H25N5O/c1-9(2)11-16-12(18-15)10(3)13(17-11)19-6-7-20-14(4,5)8-19/h9H,6-8,15H2,1-5H3,(H,16,17,18). The van der Waals surface area contributed by atoms with Crippen LogP contribution in [0.2, 0.25) is 0 Å². The van der Waals surface area contributed by atoms with Crippen molar-refractivity contribution in [1.29, 1.82) is 0 Å². The number of nitrogens with one attached hydrogen (secondary N) is 1. The fraction of sp³-hybridized carbons (Fsp3) is 0.714. The minimum absolute atomic E-state index is 0.163. The quantitative estimate of drug-likeness (QED) is 0.649. The number of rotatable bonds is 3. The number of hydrogen-bond donors (Lipinski definition) is 2. The molecule has 112 valence electrons. The normalized spacial score (nSPS) is 18.4. The van der Waals surface area contributed by atoms with Gasteiger partial charge < -0.3 is 15.1 Å². The number of hydrazine groups is 1. The fourth-order valence-corrected chi connectivity index (χ4v) is 2.43. The molecule has 6 heteroatoms. The van der Waals surface area contributed by atoms with E-state index in [9.17, 15) is 0 Å². The summed E-state index contributed by atoms with van der Waals surface area (Å²) in [4.78, 5) is 11.5. The highest BCUT2D eigenvalue weighted by Gasteiger charge is 2.29. The number of nitrogens with two attached hydrogens (primary N) is 1. The molecule has 0 aromatic carbocycles. The van der Waals surface area contributed by atoms with Gasteiger partial charge in [0.25, 0.3) is 0 Å². The van der Waals surface area contributed by atoms with Crippen LogP contribution in [0.3, 0.4) is 0 Å². The minimum Gasteiger partial charge on any atom is -0.372 e. The van der Waals surface area contributed by atoms with E-state index in [0.29, 0.717) is 12.4 Å². The van der Waals surface area contributed by atoms with E-state index in [-0.39, 0.29) is 11.5 Å². The average Bonchev–Trinajstić information content (AvgIpc) is 2.37. The zero-order valence-corrected chi connectivity index (χ0v) is 13.0. The lowest BCUT2D eigenvalue weighted by Gasteiger charge is -2.39. The van der Waals surface area contributed by atoms with Crippen molar-refractivity contribution in [2.24, 2.45) is 5.84 Å². The fourth-order valence-electron chi connectivity index (χ4n) is 2.43. The van der Waals surface area contributed by atoms with E-state index in [4.69, 9.17) is 15.6 Å². The maximum atomic E-state index is 5.77. The third-order valence-corrected chi connectivity index (χ3v) is 3.52. The van der Waals surface area contributed by atoms with Crippen molar-refractivity contribution in [2.45, 2.75) is 46.1 Å². The van der Waals surface area contributed by atoms with Crippen LogP contribution >= 0.6 is 0 Å². The number of hydrogen-bond acceptors (Lipinski definition) is 6. The molecule has 3 N–H and O–H groups in total. The first kappa shape index (κ1) is 15.0. The summed E-state index contributed by atoms with van der Waals surface area (Å²) in [6.07, 6.45) is 0. The Morgan fingerprint density at radius 3 is 2.60 bits per heavy atom. The van der Waals surface area contributed by atoms with E-state index in [0.717, 1.165) is 30.3 Å². The zero-order chi connectivity index (χ0) is 14.9. The van der Waals surface area contributed by atoms with Crippen LogP contribution in [0.4, 0.5) is 11.6 Å². The van der Waals surface area contributed by atoms with Crippen molar-refractivity contribution in [2.75, 3.05) is 30.0 Å². The van der Waals surface area contributed by atoms with Crippen LogP contribution in [-0.4, -0.2) is 35.3 Å². The first-order valence-corrected chi connectivity index (χ1v) is 7.08. The maximum absolute atomic E-state index is 5.77. The number of nitrogen functional groups attached to an aromatic ring is 1. The van der Waals surface area contributed by atoms with Crippen LogP contribution in [0.1, 0.15) is 45.0 Å². The Hall–Kier alpha value is -1.40. The molecule has 0 amide bonds. The molecular weight excluding hydrogens is 254 g/mol. The minimum atomic E-state index is -0.163. The highest BCUT2D eigenvalue weighted by Crippen LogP contribution is 2.28. The van der Waals surface area contributed by atoms with E-state index < -0.39 is 0 Å². The largest absolute Gasteiger partial charge is 0.372 e. The van der Waals surface area contributed by atoms with Crippen molar-refractivity contribution in [3.8, 4) is 0 Å². The van der Waals surface area contributed by atoms with E-state index in [1.54, 1.807) is 0 Å². The van der Waals surface area contributed by atoms with Crippen molar-refractivity contribution < 1.29 is 4.74 Å². The Balaban J connectivity index is 2.41. The molecule has 0 unspecified atom stereocenters. The van der Waals surface area contributed by atoms with Gasteiger partial charge in [-0.1, -0.05) is 13.8 Å². The van der Waals surface area contributed by atoms with Gasteiger partial charge in [-0.25, -0.2) is 15.8 Å². The highest BCUT2D eigenvalue weighted by molar-refractivity contribution is 5.58. The number of nitrogens with zero attached hydrogens (tertiary/aromatic N) is 3. The van der Waals surface area contributed by atoms with Gasteiger partial charge in [0.2, 0.25) is 0 Å². The van der Waals surface area contributed by atoms with Crippen molar-refractivity contribution in [1.82, 2.24) is 9.97 Å². The molecule has 1 aliphatic rings. The van der Waals surface area contributed by atoms with Gasteiger partial charge in [-0.3, -0.25) is 0 Å². The van der Waals surface area contributed by atoms with Crippen molar-refractivity contribution >= 4 is 11.6 Å². The number of anilines is 2. The second-order valence-corrected chi connectivity index (χ2v) is 6.21. The molecule has 0 saturated carbocycles. The summed E-state index contributed by atoms with van der Waals surface area (Å²) < 4.78 is 5.77. The molecule has 0 radical (unpaired) electrons. The van der Waals surface area contributed by atoms with Crippen LogP contribution in [0.15, 0.2) is 0 Å². The molecule has 1 aromatic heterocycles. The van der Waals surface area contributed by atoms with Crippen LogP contribution in [0.25, 0.3) is 0 Å². The second kappa shape index (κ2) is 5.54.